The van der Waals surface area contributed by atoms with Gasteiger partial charge in [-0.25, -0.2) is 0 Å². The first-order valence-corrected chi connectivity index (χ1v) is 5.89. The van der Waals surface area contributed by atoms with Crippen molar-refractivity contribution in [3.05, 3.63) is 63.2 Å². The number of nitrogens with zero attached hydrogens (tertiary/aromatic N) is 1. The molecule has 6 nitrogen and oxygen atoms in total. The van der Waals surface area contributed by atoms with Crippen molar-refractivity contribution in [2.24, 2.45) is 0 Å². The third kappa shape index (κ3) is 3.24. The van der Waals surface area contributed by atoms with E-state index in [0.717, 1.165) is 12.1 Å². The molecule has 102 valence electrons. The second-order valence-corrected chi connectivity index (χ2v) is 4.40. The molecule has 0 saturated carbocycles. The molecule has 0 aliphatic heterocycles. The molecule has 0 heterocycles. The summed E-state index contributed by atoms with van der Waals surface area (Å²) in [5.41, 5.74) is 0.170. The molecule has 0 aliphatic carbocycles. The molecule has 0 saturated heterocycles. The lowest BCUT2D eigenvalue weighted by molar-refractivity contribution is -0.384. The number of nitro benzene ring substituents is 1. The molecule has 2 rings (SSSR count). The molecule has 0 fully saturated rings. The van der Waals surface area contributed by atoms with Gasteiger partial charge >= 0.3 is 0 Å². The van der Waals surface area contributed by atoms with Gasteiger partial charge in [-0.15, -0.1) is 0 Å². The lowest BCUT2D eigenvalue weighted by Crippen LogP contribution is -2.12. The van der Waals surface area contributed by atoms with E-state index in [1.54, 1.807) is 12.1 Å². The molecule has 0 atom stereocenters. The summed E-state index contributed by atoms with van der Waals surface area (Å²) in [6.45, 7) is 0. The number of anilines is 1. The van der Waals surface area contributed by atoms with Crippen molar-refractivity contribution in [3.8, 4) is 5.75 Å². The third-order valence-corrected chi connectivity index (χ3v) is 2.68. The number of halogens is 1. The fourth-order valence-electron chi connectivity index (χ4n) is 1.60. The average molecular weight is 293 g/mol. The number of nitrogens with one attached hydrogen (secondary N) is 1. The Morgan fingerprint density at radius 1 is 1.25 bits per heavy atom. The van der Waals surface area contributed by atoms with Crippen LogP contribution in [0.25, 0.3) is 0 Å². The van der Waals surface area contributed by atoms with Gasteiger partial charge in [0.05, 0.1) is 4.92 Å². The van der Waals surface area contributed by atoms with E-state index in [0.29, 0.717) is 5.69 Å². The number of phenols is 1. The van der Waals surface area contributed by atoms with Gasteiger partial charge in [0, 0.05) is 34.5 Å². The molecule has 7 heteroatoms. The van der Waals surface area contributed by atoms with Crippen molar-refractivity contribution >= 4 is 28.9 Å². The number of rotatable bonds is 3. The zero-order chi connectivity index (χ0) is 14.7. The van der Waals surface area contributed by atoms with Crippen LogP contribution in [-0.2, 0) is 0 Å². The Morgan fingerprint density at radius 3 is 2.65 bits per heavy atom. The predicted molar refractivity (Wildman–Crippen MR) is 74.2 cm³/mol. The Kier molecular flexibility index (Phi) is 3.86. The maximum atomic E-state index is 12.0. The van der Waals surface area contributed by atoms with Gasteiger partial charge < -0.3 is 10.4 Å². The van der Waals surface area contributed by atoms with Crippen LogP contribution in [0.2, 0.25) is 5.02 Å². The van der Waals surface area contributed by atoms with Gasteiger partial charge in [0.2, 0.25) is 0 Å². The van der Waals surface area contributed by atoms with Crippen molar-refractivity contribution in [2.45, 2.75) is 0 Å². The van der Waals surface area contributed by atoms with Crippen LogP contribution in [0.15, 0.2) is 42.5 Å². The van der Waals surface area contributed by atoms with Gasteiger partial charge in [0.1, 0.15) is 5.75 Å². The minimum atomic E-state index is -0.628. The first-order chi connectivity index (χ1) is 9.45. The Bertz CT molecular complexity index is 688. The van der Waals surface area contributed by atoms with E-state index < -0.39 is 10.8 Å². The second kappa shape index (κ2) is 5.58. The molecule has 0 bridgehead atoms. The normalized spacial score (nSPS) is 10.1. The van der Waals surface area contributed by atoms with Crippen molar-refractivity contribution in [1.29, 1.82) is 0 Å². The van der Waals surface area contributed by atoms with Crippen molar-refractivity contribution < 1.29 is 14.8 Å². The fourth-order valence-corrected chi connectivity index (χ4v) is 1.83. The first kappa shape index (κ1) is 13.8. The standard InChI is InChI=1S/C13H9ClN2O4/c14-9-4-8(5-11(6-9)16(19)20)13(18)15-10-2-1-3-12(17)7-10/h1-7,17H,(H,15,18). The molecule has 20 heavy (non-hydrogen) atoms. The first-order valence-electron chi connectivity index (χ1n) is 5.51. The predicted octanol–water partition coefficient (Wildman–Crippen LogP) is 3.21. The Morgan fingerprint density at radius 2 is 2.00 bits per heavy atom. The topological polar surface area (TPSA) is 92.5 Å². The quantitative estimate of drug-likeness (QED) is 0.671. The molecule has 0 spiro atoms. The number of hydrogen-bond donors (Lipinski definition) is 2. The summed E-state index contributed by atoms with van der Waals surface area (Å²) in [6, 6.07) is 9.57. The minimum absolute atomic E-state index is 0.000116. The lowest BCUT2D eigenvalue weighted by atomic mass is 10.2. The molecular weight excluding hydrogens is 284 g/mol. The Balaban J connectivity index is 2.27. The molecular formula is C13H9ClN2O4. The summed E-state index contributed by atoms with van der Waals surface area (Å²) in [5.74, 6) is -0.555. The van der Waals surface area contributed by atoms with Crippen molar-refractivity contribution in [2.75, 3.05) is 5.32 Å². The van der Waals surface area contributed by atoms with E-state index in [1.165, 1.54) is 18.2 Å². The summed E-state index contributed by atoms with van der Waals surface area (Å²) in [5, 5.41) is 22.6. The summed E-state index contributed by atoms with van der Waals surface area (Å²) >= 11 is 5.74. The minimum Gasteiger partial charge on any atom is -0.508 e. The van der Waals surface area contributed by atoms with E-state index in [2.05, 4.69) is 5.32 Å². The number of aromatic hydroxyl groups is 1. The summed E-state index contributed by atoms with van der Waals surface area (Å²) < 4.78 is 0. The van der Waals surface area contributed by atoms with Gasteiger partial charge in [0.25, 0.3) is 11.6 Å². The lowest BCUT2D eigenvalue weighted by Gasteiger charge is -2.06. The van der Waals surface area contributed by atoms with Crippen LogP contribution in [0.3, 0.4) is 0 Å². The number of hydrogen-bond acceptors (Lipinski definition) is 4. The van der Waals surface area contributed by atoms with Gasteiger partial charge in [0.15, 0.2) is 0 Å². The summed E-state index contributed by atoms with van der Waals surface area (Å²) in [6.07, 6.45) is 0. The maximum absolute atomic E-state index is 12.0. The molecule has 1 amide bonds. The van der Waals surface area contributed by atoms with Crippen LogP contribution in [0, 0.1) is 10.1 Å². The van der Waals surface area contributed by atoms with Crippen molar-refractivity contribution in [3.63, 3.8) is 0 Å². The molecule has 2 aromatic carbocycles. The van der Waals surface area contributed by atoms with Gasteiger partial charge in [-0.3, -0.25) is 14.9 Å². The van der Waals surface area contributed by atoms with Crippen LogP contribution < -0.4 is 5.32 Å². The van der Waals surface area contributed by atoms with Crippen LogP contribution in [-0.4, -0.2) is 15.9 Å². The smallest absolute Gasteiger partial charge is 0.271 e. The van der Waals surface area contributed by atoms with Crippen LogP contribution >= 0.6 is 11.6 Å². The Hall–Kier alpha value is -2.60. The third-order valence-electron chi connectivity index (χ3n) is 2.46. The summed E-state index contributed by atoms with van der Waals surface area (Å²) in [7, 11) is 0. The van der Waals surface area contributed by atoms with E-state index in [-0.39, 0.29) is 22.0 Å². The average Bonchev–Trinajstić information content (AvgIpc) is 2.37. The van der Waals surface area contributed by atoms with Crippen LogP contribution in [0.4, 0.5) is 11.4 Å². The van der Waals surface area contributed by atoms with Crippen LogP contribution in [0.5, 0.6) is 5.75 Å². The number of amides is 1. The highest BCUT2D eigenvalue weighted by Gasteiger charge is 2.14. The largest absolute Gasteiger partial charge is 0.508 e. The van der Waals surface area contributed by atoms with E-state index in [1.807, 2.05) is 0 Å². The Labute approximate surface area is 118 Å². The molecule has 0 aliphatic rings. The highest BCUT2D eigenvalue weighted by Crippen LogP contribution is 2.22. The SMILES string of the molecule is O=C(Nc1cccc(O)c1)c1cc(Cl)cc([N+](=O)[O-])c1. The molecule has 0 aromatic heterocycles. The number of non-ortho nitro benzene ring substituents is 1. The zero-order valence-electron chi connectivity index (χ0n) is 10.0. The number of nitro groups is 1. The van der Waals surface area contributed by atoms with Crippen molar-refractivity contribution in [1.82, 2.24) is 0 Å². The van der Waals surface area contributed by atoms with E-state index >= 15 is 0 Å². The van der Waals surface area contributed by atoms with Gasteiger partial charge in [-0.05, 0) is 18.2 Å². The number of carbonyl (C=O) groups excluding carboxylic acids is 1. The summed E-state index contributed by atoms with van der Waals surface area (Å²) in [4.78, 5) is 22.1. The molecule has 2 aromatic rings. The number of benzene rings is 2. The zero-order valence-corrected chi connectivity index (χ0v) is 10.8. The fraction of sp³-hybridized carbons (Fsp3) is 0. The molecule has 0 radical (unpaired) electrons. The monoisotopic (exact) mass is 292 g/mol. The second-order valence-electron chi connectivity index (χ2n) is 3.96. The maximum Gasteiger partial charge on any atom is 0.271 e. The van der Waals surface area contributed by atoms with E-state index in [4.69, 9.17) is 11.6 Å². The highest BCUT2D eigenvalue weighted by molar-refractivity contribution is 6.31. The number of phenolic OH excluding ortho intramolecular Hbond substituents is 1. The van der Waals surface area contributed by atoms with E-state index in [9.17, 15) is 20.0 Å². The molecule has 2 N–H and O–H groups in total. The number of carbonyl (C=O) groups is 1. The van der Waals surface area contributed by atoms with Crippen LogP contribution in [0.1, 0.15) is 10.4 Å². The van der Waals surface area contributed by atoms with Gasteiger partial charge in [-0.1, -0.05) is 17.7 Å². The highest BCUT2D eigenvalue weighted by atomic mass is 35.5. The van der Waals surface area contributed by atoms with Gasteiger partial charge in [-0.2, -0.15) is 0 Å². The molecule has 0 unspecified atom stereocenters.